The van der Waals surface area contributed by atoms with E-state index in [0.717, 1.165) is 5.39 Å². The van der Waals surface area contributed by atoms with Crippen molar-refractivity contribution >= 4 is 16.9 Å². The molecule has 0 fully saturated rings. The standard InChI is InChI=1S/C10H9NO2.C6H13NO2/c11-6-8-5-7-3-1-2-4-9(7)13-10(8)12;1-4(2)3-5(7)6(8)9/h1-5H,6,11H2;4-5H,3,7H2,1-2H3,(H,8,9)/t;5-/m.0/s1. The fourth-order valence-electron chi connectivity index (χ4n) is 1.86. The number of hydrogen-bond acceptors (Lipinski definition) is 5. The van der Waals surface area contributed by atoms with Crippen molar-refractivity contribution in [1.29, 1.82) is 0 Å². The summed E-state index contributed by atoms with van der Waals surface area (Å²) in [6.07, 6.45) is 0.551. The lowest BCUT2D eigenvalue weighted by Gasteiger charge is -2.07. The zero-order valence-corrected chi connectivity index (χ0v) is 12.8. The zero-order valence-electron chi connectivity index (χ0n) is 12.8. The normalized spacial score (nSPS) is 11.9. The Labute approximate surface area is 128 Å². The van der Waals surface area contributed by atoms with Gasteiger partial charge in [0.05, 0.1) is 5.56 Å². The molecular weight excluding hydrogens is 284 g/mol. The van der Waals surface area contributed by atoms with Crippen molar-refractivity contribution in [2.45, 2.75) is 32.9 Å². The van der Waals surface area contributed by atoms with Crippen molar-refractivity contribution in [3.8, 4) is 0 Å². The van der Waals surface area contributed by atoms with Crippen molar-refractivity contribution in [3.63, 3.8) is 0 Å². The maximum Gasteiger partial charge on any atom is 0.340 e. The number of aliphatic carboxylic acids is 1. The lowest BCUT2D eigenvalue weighted by Crippen LogP contribution is -2.31. The first-order chi connectivity index (χ1) is 10.3. The van der Waals surface area contributed by atoms with Crippen LogP contribution in [0, 0.1) is 5.92 Å². The van der Waals surface area contributed by atoms with Gasteiger partial charge in [0.25, 0.3) is 0 Å². The van der Waals surface area contributed by atoms with E-state index in [9.17, 15) is 9.59 Å². The molecule has 2 aromatic rings. The zero-order chi connectivity index (χ0) is 16.7. The topological polar surface area (TPSA) is 120 Å². The minimum atomic E-state index is -0.913. The molecule has 0 aliphatic rings. The molecule has 1 aromatic carbocycles. The van der Waals surface area contributed by atoms with Gasteiger partial charge in [0.1, 0.15) is 11.6 Å². The average molecular weight is 306 g/mol. The molecule has 120 valence electrons. The Morgan fingerprint density at radius 2 is 1.95 bits per heavy atom. The van der Waals surface area contributed by atoms with Crippen LogP contribution in [-0.2, 0) is 11.3 Å². The highest BCUT2D eigenvalue weighted by atomic mass is 16.4. The minimum Gasteiger partial charge on any atom is -0.480 e. The molecule has 6 heteroatoms. The first-order valence-electron chi connectivity index (χ1n) is 7.05. The van der Waals surface area contributed by atoms with Gasteiger partial charge in [0.15, 0.2) is 0 Å². The Morgan fingerprint density at radius 3 is 2.45 bits per heavy atom. The van der Waals surface area contributed by atoms with Crippen LogP contribution >= 0.6 is 0 Å². The molecular formula is C16H22N2O4. The third-order valence-corrected chi connectivity index (χ3v) is 2.98. The molecule has 0 saturated carbocycles. The molecule has 1 aromatic heterocycles. The van der Waals surface area contributed by atoms with Crippen molar-refractivity contribution in [2.75, 3.05) is 0 Å². The largest absolute Gasteiger partial charge is 0.480 e. The fraction of sp³-hybridized carbons (Fsp3) is 0.375. The summed E-state index contributed by atoms with van der Waals surface area (Å²) < 4.78 is 5.05. The summed E-state index contributed by atoms with van der Waals surface area (Å²) in [7, 11) is 0. The monoisotopic (exact) mass is 306 g/mol. The Kier molecular flexibility index (Phi) is 6.75. The quantitative estimate of drug-likeness (QED) is 0.739. The number of carbonyl (C=O) groups is 1. The molecule has 2 rings (SSSR count). The maximum absolute atomic E-state index is 11.2. The van der Waals surface area contributed by atoms with Crippen molar-refractivity contribution in [2.24, 2.45) is 17.4 Å². The van der Waals surface area contributed by atoms with E-state index in [0.29, 0.717) is 23.5 Å². The second kappa shape index (κ2) is 8.31. The molecule has 0 bridgehead atoms. The van der Waals surface area contributed by atoms with Gasteiger partial charge < -0.3 is 21.0 Å². The number of carboxylic acids is 1. The van der Waals surface area contributed by atoms with Gasteiger partial charge in [-0.15, -0.1) is 0 Å². The maximum atomic E-state index is 11.2. The lowest BCUT2D eigenvalue weighted by atomic mass is 10.1. The van der Waals surface area contributed by atoms with E-state index in [1.165, 1.54) is 0 Å². The number of benzene rings is 1. The van der Waals surface area contributed by atoms with E-state index >= 15 is 0 Å². The van der Waals surface area contributed by atoms with Crippen LogP contribution in [0.5, 0.6) is 0 Å². The molecule has 6 nitrogen and oxygen atoms in total. The molecule has 0 saturated heterocycles. The predicted octanol–water partition coefficient (Wildman–Crippen LogP) is 1.70. The van der Waals surface area contributed by atoms with E-state index in [4.69, 9.17) is 21.0 Å². The predicted molar refractivity (Wildman–Crippen MR) is 85.4 cm³/mol. The summed E-state index contributed by atoms with van der Waals surface area (Å²) in [6.45, 7) is 4.11. The van der Waals surface area contributed by atoms with Crippen molar-refractivity contribution in [1.82, 2.24) is 0 Å². The summed E-state index contributed by atoms with van der Waals surface area (Å²) in [5.74, 6) is -0.556. The van der Waals surface area contributed by atoms with Crippen molar-refractivity contribution in [3.05, 3.63) is 46.3 Å². The van der Waals surface area contributed by atoms with Gasteiger partial charge in [-0.05, 0) is 24.5 Å². The summed E-state index contributed by atoms with van der Waals surface area (Å²) in [5, 5.41) is 9.21. The summed E-state index contributed by atoms with van der Waals surface area (Å²) >= 11 is 0. The molecule has 1 atom stereocenters. The van der Waals surface area contributed by atoms with Gasteiger partial charge >= 0.3 is 11.6 Å². The number of nitrogens with two attached hydrogens (primary N) is 2. The Balaban J connectivity index is 0.000000239. The Morgan fingerprint density at radius 1 is 1.32 bits per heavy atom. The van der Waals surface area contributed by atoms with Crippen LogP contribution < -0.4 is 17.1 Å². The van der Waals surface area contributed by atoms with Crippen LogP contribution in [0.2, 0.25) is 0 Å². The smallest absolute Gasteiger partial charge is 0.340 e. The summed E-state index contributed by atoms with van der Waals surface area (Å²) in [4.78, 5) is 21.3. The van der Waals surface area contributed by atoms with Gasteiger partial charge in [-0.3, -0.25) is 4.79 Å². The number of para-hydroxylation sites is 1. The van der Waals surface area contributed by atoms with Crippen LogP contribution in [0.15, 0.2) is 39.5 Å². The highest BCUT2D eigenvalue weighted by Gasteiger charge is 2.11. The molecule has 0 amide bonds. The van der Waals surface area contributed by atoms with E-state index in [1.807, 2.05) is 32.0 Å². The lowest BCUT2D eigenvalue weighted by molar-refractivity contribution is -0.138. The number of fused-ring (bicyclic) bond motifs is 1. The van der Waals surface area contributed by atoms with Gasteiger partial charge in [0, 0.05) is 11.9 Å². The van der Waals surface area contributed by atoms with Crippen LogP contribution in [0.4, 0.5) is 0 Å². The van der Waals surface area contributed by atoms with E-state index < -0.39 is 12.0 Å². The molecule has 22 heavy (non-hydrogen) atoms. The van der Waals surface area contributed by atoms with Gasteiger partial charge in [0.2, 0.25) is 0 Å². The third kappa shape index (κ3) is 5.31. The van der Waals surface area contributed by atoms with E-state index in [-0.39, 0.29) is 12.2 Å². The first kappa shape index (κ1) is 17.9. The van der Waals surface area contributed by atoms with Crippen LogP contribution in [0.1, 0.15) is 25.8 Å². The van der Waals surface area contributed by atoms with Gasteiger partial charge in [-0.1, -0.05) is 32.0 Å². The molecule has 0 unspecified atom stereocenters. The summed E-state index contributed by atoms with van der Waals surface area (Å²) in [6, 6.07) is 8.44. The van der Waals surface area contributed by atoms with Crippen LogP contribution in [0.3, 0.4) is 0 Å². The van der Waals surface area contributed by atoms with Crippen LogP contribution in [-0.4, -0.2) is 17.1 Å². The highest BCUT2D eigenvalue weighted by Crippen LogP contribution is 2.11. The Bertz CT molecular complexity index is 679. The number of hydrogen-bond donors (Lipinski definition) is 3. The second-order valence-corrected chi connectivity index (χ2v) is 5.38. The molecule has 0 spiro atoms. The van der Waals surface area contributed by atoms with E-state index in [2.05, 4.69) is 0 Å². The van der Waals surface area contributed by atoms with Crippen LogP contribution in [0.25, 0.3) is 11.0 Å². The number of rotatable bonds is 4. The highest BCUT2D eigenvalue weighted by molar-refractivity contribution is 5.76. The minimum absolute atomic E-state index is 0.215. The third-order valence-electron chi connectivity index (χ3n) is 2.98. The molecule has 0 aliphatic heterocycles. The Hall–Kier alpha value is -2.18. The molecule has 0 radical (unpaired) electrons. The first-order valence-corrected chi connectivity index (χ1v) is 7.05. The second-order valence-electron chi connectivity index (χ2n) is 5.38. The SMILES string of the molecule is CC(C)C[C@H](N)C(=O)O.NCc1cc2ccccc2oc1=O. The molecule has 5 N–H and O–H groups in total. The van der Waals surface area contributed by atoms with Gasteiger partial charge in [-0.2, -0.15) is 0 Å². The molecule has 1 heterocycles. The van der Waals surface area contributed by atoms with Crippen molar-refractivity contribution < 1.29 is 14.3 Å². The average Bonchev–Trinajstić information content (AvgIpc) is 2.46. The number of carboxylic acid groups (broad SMARTS) is 1. The fourth-order valence-corrected chi connectivity index (χ4v) is 1.86. The van der Waals surface area contributed by atoms with Gasteiger partial charge in [-0.25, -0.2) is 4.79 Å². The molecule has 0 aliphatic carbocycles. The summed E-state index contributed by atoms with van der Waals surface area (Å²) in [5.41, 5.74) is 11.4. The van der Waals surface area contributed by atoms with E-state index in [1.54, 1.807) is 12.1 Å².